The van der Waals surface area contributed by atoms with E-state index >= 15 is 0 Å². The average molecular weight is 258 g/mol. The minimum Gasteiger partial charge on any atom is -0.274 e. The molecule has 5 heteroatoms. The molecule has 18 heavy (non-hydrogen) atoms. The van der Waals surface area contributed by atoms with Crippen molar-refractivity contribution in [3.8, 4) is 11.8 Å². The van der Waals surface area contributed by atoms with Gasteiger partial charge in [-0.25, -0.2) is 0 Å². The summed E-state index contributed by atoms with van der Waals surface area (Å²) in [7, 11) is 0. The van der Waals surface area contributed by atoms with E-state index < -0.39 is 0 Å². The second-order valence-electron chi connectivity index (χ2n) is 4.04. The van der Waals surface area contributed by atoms with E-state index in [0.717, 1.165) is 22.2 Å². The summed E-state index contributed by atoms with van der Waals surface area (Å²) in [6.07, 6.45) is 0. The van der Waals surface area contributed by atoms with Crippen molar-refractivity contribution in [1.29, 1.82) is 5.26 Å². The van der Waals surface area contributed by atoms with Crippen LogP contribution in [0, 0.1) is 25.2 Å². The van der Waals surface area contributed by atoms with Crippen molar-refractivity contribution in [3.05, 3.63) is 35.7 Å². The molecule has 0 N–H and O–H groups in total. The summed E-state index contributed by atoms with van der Waals surface area (Å²) in [6.45, 7) is 5.83. The molecule has 0 amide bonds. The molecule has 0 saturated heterocycles. The first-order valence-corrected chi connectivity index (χ1v) is 6.55. The van der Waals surface area contributed by atoms with Crippen LogP contribution in [0.25, 0.3) is 5.69 Å². The van der Waals surface area contributed by atoms with Gasteiger partial charge in [-0.05, 0) is 32.4 Å². The van der Waals surface area contributed by atoms with Gasteiger partial charge < -0.3 is 0 Å². The third-order valence-electron chi connectivity index (χ3n) is 2.62. The topological polar surface area (TPSA) is 54.5 Å². The van der Waals surface area contributed by atoms with Crippen molar-refractivity contribution in [3.63, 3.8) is 0 Å². The van der Waals surface area contributed by atoms with Crippen molar-refractivity contribution < 1.29 is 0 Å². The predicted octanol–water partition coefficient (Wildman–Crippen LogP) is 2.89. The molecule has 2 rings (SSSR count). The zero-order valence-corrected chi connectivity index (χ0v) is 11.4. The highest BCUT2D eigenvalue weighted by molar-refractivity contribution is 8.00. The average Bonchev–Trinajstić information content (AvgIpc) is 2.71. The first-order chi connectivity index (χ1) is 8.63. The lowest BCUT2D eigenvalue weighted by atomic mass is 10.2. The molecule has 4 nitrogen and oxygen atoms in total. The van der Waals surface area contributed by atoms with Gasteiger partial charge in [0.05, 0.1) is 17.0 Å². The number of nitriles is 1. The van der Waals surface area contributed by atoms with Gasteiger partial charge in [0.1, 0.15) is 5.82 Å². The maximum atomic E-state index is 8.89. The molecule has 2 aromatic rings. The number of para-hydroxylation sites is 1. The number of nitrogens with zero attached hydrogens (tertiary/aromatic N) is 4. The fourth-order valence-electron chi connectivity index (χ4n) is 1.70. The minimum atomic E-state index is -0.142. The number of hydrogen-bond donors (Lipinski definition) is 0. The molecule has 1 atom stereocenters. The molecule has 1 aromatic carbocycles. The van der Waals surface area contributed by atoms with Gasteiger partial charge in [0.2, 0.25) is 0 Å². The molecule has 0 radical (unpaired) electrons. The molecule has 0 bridgehead atoms. The molecule has 0 fully saturated rings. The Kier molecular flexibility index (Phi) is 3.68. The third-order valence-corrected chi connectivity index (χ3v) is 3.55. The van der Waals surface area contributed by atoms with Crippen LogP contribution in [-0.4, -0.2) is 20.0 Å². The highest BCUT2D eigenvalue weighted by Crippen LogP contribution is 2.26. The third kappa shape index (κ3) is 2.39. The van der Waals surface area contributed by atoms with Crippen molar-refractivity contribution in [1.82, 2.24) is 14.8 Å². The predicted molar refractivity (Wildman–Crippen MR) is 71.8 cm³/mol. The molecule has 0 unspecified atom stereocenters. The zero-order chi connectivity index (χ0) is 13.1. The first kappa shape index (κ1) is 12.7. The van der Waals surface area contributed by atoms with E-state index in [1.165, 1.54) is 11.8 Å². The van der Waals surface area contributed by atoms with Gasteiger partial charge in [-0.3, -0.25) is 4.57 Å². The van der Waals surface area contributed by atoms with E-state index in [1.807, 2.05) is 36.6 Å². The number of aromatic nitrogens is 3. The maximum absolute atomic E-state index is 8.89. The Morgan fingerprint density at radius 1 is 1.28 bits per heavy atom. The largest absolute Gasteiger partial charge is 0.274 e. The SMILES string of the molecule is Cc1ccccc1-n1c(C)nnc1S[C@@H](C)C#N. The molecular formula is C13H14N4S. The van der Waals surface area contributed by atoms with Gasteiger partial charge in [0, 0.05) is 0 Å². The molecule has 0 aliphatic rings. The Bertz CT molecular complexity index is 597. The fraction of sp³-hybridized carbons (Fsp3) is 0.308. The molecular weight excluding hydrogens is 244 g/mol. The van der Waals surface area contributed by atoms with Crippen molar-refractivity contribution >= 4 is 11.8 Å². The van der Waals surface area contributed by atoms with E-state index in [1.54, 1.807) is 0 Å². The Hall–Kier alpha value is -1.80. The van der Waals surface area contributed by atoms with E-state index in [0.29, 0.717) is 0 Å². The van der Waals surface area contributed by atoms with Crippen LogP contribution in [0.2, 0.25) is 0 Å². The smallest absolute Gasteiger partial charge is 0.197 e. The highest BCUT2D eigenvalue weighted by Gasteiger charge is 2.15. The quantitative estimate of drug-likeness (QED) is 0.794. The van der Waals surface area contributed by atoms with Crippen LogP contribution in [0.5, 0.6) is 0 Å². The summed E-state index contributed by atoms with van der Waals surface area (Å²) >= 11 is 1.42. The minimum absolute atomic E-state index is 0.142. The van der Waals surface area contributed by atoms with Crippen LogP contribution in [0.4, 0.5) is 0 Å². The van der Waals surface area contributed by atoms with Crippen LogP contribution >= 0.6 is 11.8 Å². The van der Waals surface area contributed by atoms with Crippen LogP contribution in [0.15, 0.2) is 29.4 Å². The van der Waals surface area contributed by atoms with Crippen LogP contribution < -0.4 is 0 Å². The van der Waals surface area contributed by atoms with Crippen LogP contribution in [-0.2, 0) is 0 Å². The molecule has 0 aliphatic heterocycles. The first-order valence-electron chi connectivity index (χ1n) is 5.67. The lowest BCUT2D eigenvalue weighted by molar-refractivity contribution is 0.860. The number of hydrogen-bond acceptors (Lipinski definition) is 4. The molecule has 92 valence electrons. The molecule has 0 saturated carbocycles. The number of benzene rings is 1. The Labute approximate surface area is 111 Å². The monoisotopic (exact) mass is 258 g/mol. The Morgan fingerprint density at radius 2 is 2.00 bits per heavy atom. The second-order valence-corrected chi connectivity index (χ2v) is 5.35. The van der Waals surface area contributed by atoms with Crippen molar-refractivity contribution in [2.45, 2.75) is 31.2 Å². The standard InChI is InChI=1S/C13H14N4S/c1-9-6-4-5-7-12(9)17-11(3)15-16-13(17)18-10(2)8-14/h4-7,10H,1-3H3/t10-/m0/s1. The van der Waals surface area contributed by atoms with Crippen molar-refractivity contribution in [2.75, 3.05) is 0 Å². The lowest BCUT2D eigenvalue weighted by Gasteiger charge is -2.11. The van der Waals surface area contributed by atoms with Gasteiger partial charge in [-0.15, -0.1) is 10.2 Å². The van der Waals surface area contributed by atoms with E-state index in [4.69, 9.17) is 5.26 Å². The molecule has 1 heterocycles. The second kappa shape index (κ2) is 5.23. The van der Waals surface area contributed by atoms with E-state index in [2.05, 4.69) is 29.3 Å². The summed E-state index contributed by atoms with van der Waals surface area (Å²) in [4.78, 5) is 0. The van der Waals surface area contributed by atoms with Gasteiger partial charge in [-0.2, -0.15) is 5.26 Å². The fourth-order valence-corrected chi connectivity index (χ4v) is 2.49. The zero-order valence-electron chi connectivity index (χ0n) is 10.6. The van der Waals surface area contributed by atoms with Crippen molar-refractivity contribution in [2.24, 2.45) is 0 Å². The molecule has 0 spiro atoms. The summed E-state index contributed by atoms with van der Waals surface area (Å²) in [5.41, 5.74) is 2.22. The van der Waals surface area contributed by atoms with Gasteiger partial charge >= 0.3 is 0 Å². The number of thioether (sulfide) groups is 1. The highest BCUT2D eigenvalue weighted by atomic mass is 32.2. The molecule has 1 aromatic heterocycles. The number of rotatable bonds is 3. The van der Waals surface area contributed by atoms with Crippen LogP contribution in [0.3, 0.4) is 0 Å². The summed E-state index contributed by atoms with van der Waals surface area (Å²) < 4.78 is 1.99. The van der Waals surface area contributed by atoms with E-state index in [-0.39, 0.29) is 5.25 Å². The van der Waals surface area contributed by atoms with Crippen LogP contribution in [0.1, 0.15) is 18.3 Å². The number of aryl methyl sites for hydroxylation is 2. The van der Waals surface area contributed by atoms with Gasteiger partial charge in [0.25, 0.3) is 0 Å². The maximum Gasteiger partial charge on any atom is 0.197 e. The Balaban J connectivity index is 2.48. The van der Waals surface area contributed by atoms with Gasteiger partial charge in [0.15, 0.2) is 5.16 Å². The van der Waals surface area contributed by atoms with E-state index in [9.17, 15) is 0 Å². The normalized spacial score (nSPS) is 12.1. The summed E-state index contributed by atoms with van der Waals surface area (Å²) in [5, 5.41) is 17.8. The lowest BCUT2D eigenvalue weighted by Crippen LogP contribution is -2.03. The molecule has 0 aliphatic carbocycles. The van der Waals surface area contributed by atoms with Gasteiger partial charge in [-0.1, -0.05) is 30.0 Å². The summed E-state index contributed by atoms with van der Waals surface area (Å²) in [5.74, 6) is 0.830. The summed E-state index contributed by atoms with van der Waals surface area (Å²) in [6, 6.07) is 10.3. The Morgan fingerprint density at radius 3 is 2.67 bits per heavy atom.